The number of ether oxygens (including phenoxy) is 1. The summed E-state index contributed by atoms with van der Waals surface area (Å²) in [5.41, 5.74) is 1.26. The fourth-order valence-electron chi connectivity index (χ4n) is 3.41. The maximum atomic E-state index is 12.9. The molecular weight excluding hydrogens is 470 g/mol. The third-order valence-corrected chi connectivity index (χ3v) is 7.42. The van der Waals surface area contributed by atoms with Gasteiger partial charge in [0.2, 0.25) is 10.0 Å². The molecule has 0 aliphatic heterocycles. The first kappa shape index (κ1) is 25.6. The zero-order valence-corrected chi connectivity index (χ0v) is 20.4. The van der Waals surface area contributed by atoms with Crippen molar-refractivity contribution >= 4 is 27.7 Å². The van der Waals surface area contributed by atoms with Crippen LogP contribution >= 0.6 is 0 Å². The lowest BCUT2D eigenvalue weighted by Crippen LogP contribution is -2.31. The highest BCUT2D eigenvalue weighted by molar-refractivity contribution is 7.89. The monoisotopic (exact) mass is 495 g/mol. The average Bonchev–Trinajstić information content (AvgIpc) is 3.26. The number of anilines is 1. The molecule has 0 saturated carbocycles. The fraction of sp³-hybridized carbons (Fsp3) is 0.250. The number of hydrogen-bond donors (Lipinski definition) is 1. The van der Waals surface area contributed by atoms with E-state index in [1.807, 2.05) is 12.1 Å². The molecule has 0 aliphatic rings. The quantitative estimate of drug-likeness (QED) is 0.451. The van der Waals surface area contributed by atoms with Crippen LogP contribution in [0, 0.1) is 18.3 Å². The Morgan fingerprint density at radius 3 is 2.46 bits per heavy atom. The summed E-state index contributed by atoms with van der Waals surface area (Å²) in [6.07, 6.45) is 1.32. The second-order valence-electron chi connectivity index (χ2n) is 7.46. The second-order valence-corrected chi connectivity index (χ2v) is 9.37. The van der Waals surface area contributed by atoms with Crippen LogP contribution in [0.25, 0.3) is 5.69 Å². The molecule has 0 atom stereocenters. The van der Waals surface area contributed by atoms with Crippen molar-refractivity contribution in [2.24, 2.45) is 0 Å². The lowest BCUT2D eigenvalue weighted by molar-refractivity contribution is -0.119. The van der Waals surface area contributed by atoms with Crippen molar-refractivity contribution in [1.82, 2.24) is 14.1 Å². The van der Waals surface area contributed by atoms with E-state index in [1.165, 1.54) is 33.4 Å². The summed E-state index contributed by atoms with van der Waals surface area (Å²) >= 11 is 0. The molecule has 1 N–H and O–H groups in total. The van der Waals surface area contributed by atoms with Crippen LogP contribution < -0.4 is 5.32 Å². The molecule has 0 bridgehead atoms. The van der Waals surface area contributed by atoms with Gasteiger partial charge in [0.25, 0.3) is 5.91 Å². The van der Waals surface area contributed by atoms with Crippen LogP contribution in [0.5, 0.6) is 0 Å². The molecule has 0 spiro atoms. The third kappa shape index (κ3) is 5.56. The van der Waals surface area contributed by atoms with E-state index in [9.17, 15) is 23.3 Å². The van der Waals surface area contributed by atoms with Gasteiger partial charge in [0.1, 0.15) is 11.6 Å². The predicted molar refractivity (Wildman–Crippen MR) is 128 cm³/mol. The second kappa shape index (κ2) is 10.9. The van der Waals surface area contributed by atoms with E-state index in [0.29, 0.717) is 11.3 Å². The molecule has 1 aromatic heterocycles. The van der Waals surface area contributed by atoms with Gasteiger partial charge in [0.05, 0.1) is 22.3 Å². The predicted octanol–water partition coefficient (Wildman–Crippen LogP) is 2.88. The van der Waals surface area contributed by atoms with Crippen LogP contribution in [0.3, 0.4) is 0 Å². The Hall–Kier alpha value is -4.01. The van der Waals surface area contributed by atoms with Crippen LogP contribution in [0.15, 0.2) is 59.6 Å². The molecule has 0 radical (unpaired) electrons. The molecule has 0 unspecified atom stereocenters. The molecule has 3 rings (SSSR count). The number of rotatable bonds is 9. The Labute approximate surface area is 203 Å². The van der Waals surface area contributed by atoms with Gasteiger partial charge in [-0.2, -0.15) is 14.7 Å². The SMILES string of the molecule is CCN(CC)S(=O)(=O)c1cc(C(=O)OCC(=O)Nc2c(C#N)cnn2-c2ccccc2)ccc1C. The van der Waals surface area contributed by atoms with E-state index in [4.69, 9.17) is 4.74 Å². The summed E-state index contributed by atoms with van der Waals surface area (Å²) in [4.78, 5) is 25.1. The Morgan fingerprint density at radius 2 is 1.83 bits per heavy atom. The van der Waals surface area contributed by atoms with Gasteiger partial charge in [-0.25, -0.2) is 17.9 Å². The zero-order chi connectivity index (χ0) is 25.6. The standard InChI is InChI=1S/C24H25N5O5S/c1-4-28(5-2)35(32,33)21-13-18(12-11-17(21)3)24(31)34-16-22(30)27-23-19(14-25)15-26-29(23)20-9-7-6-8-10-20/h6-13,15H,4-5,16H2,1-3H3,(H,27,30). The Bertz CT molecular complexity index is 1370. The molecular formula is C24H25N5O5S. The number of sulfonamides is 1. The van der Waals surface area contributed by atoms with Crippen LogP contribution in [0.1, 0.15) is 35.3 Å². The number of nitriles is 1. The molecule has 0 fully saturated rings. The van der Waals surface area contributed by atoms with Crippen LogP contribution in [-0.4, -0.2) is 54.1 Å². The number of nitrogens with zero attached hydrogens (tertiary/aromatic N) is 4. The first-order valence-corrected chi connectivity index (χ1v) is 12.3. The molecule has 0 saturated heterocycles. The molecule has 2 aromatic carbocycles. The highest BCUT2D eigenvalue weighted by atomic mass is 32.2. The Balaban J connectivity index is 1.74. The van der Waals surface area contributed by atoms with Crippen LogP contribution in [0.4, 0.5) is 5.82 Å². The first-order valence-electron chi connectivity index (χ1n) is 10.8. The third-order valence-electron chi connectivity index (χ3n) is 5.23. The first-order chi connectivity index (χ1) is 16.7. The number of aromatic nitrogens is 2. The smallest absolute Gasteiger partial charge is 0.338 e. The Kier molecular flexibility index (Phi) is 8.01. The van der Waals surface area contributed by atoms with Crippen molar-refractivity contribution in [1.29, 1.82) is 5.26 Å². The van der Waals surface area contributed by atoms with Crippen LogP contribution in [-0.2, 0) is 19.6 Å². The number of nitrogens with one attached hydrogen (secondary N) is 1. The van der Waals surface area contributed by atoms with Gasteiger partial charge in [0, 0.05) is 13.1 Å². The van der Waals surface area contributed by atoms with Gasteiger partial charge in [-0.3, -0.25) is 4.79 Å². The summed E-state index contributed by atoms with van der Waals surface area (Å²) in [6.45, 7) is 5.04. The molecule has 11 heteroatoms. The van der Waals surface area contributed by atoms with Gasteiger partial charge in [-0.05, 0) is 36.8 Å². The van der Waals surface area contributed by atoms with Crippen molar-refractivity contribution in [2.75, 3.05) is 25.0 Å². The number of aryl methyl sites for hydroxylation is 1. The fourth-order valence-corrected chi connectivity index (χ4v) is 5.11. The van der Waals surface area contributed by atoms with E-state index in [1.54, 1.807) is 45.0 Å². The number of benzene rings is 2. The minimum atomic E-state index is -3.79. The molecule has 35 heavy (non-hydrogen) atoms. The van der Waals surface area contributed by atoms with E-state index < -0.39 is 28.5 Å². The van der Waals surface area contributed by atoms with Crippen molar-refractivity contribution < 1.29 is 22.7 Å². The summed E-state index contributed by atoms with van der Waals surface area (Å²) in [7, 11) is -3.79. The van der Waals surface area contributed by atoms with Gasteiger partial charge in [-0.1, -0.05) is 38.1 Å². The number of esters is 1. The van der Waals surface area contributed by atoms with Gasteiger partial charge in [0.15, 0.2) is 12.4 Å². The molecule has 1 amide bonds. The molecule has 3 aromatic rings. The zero-order valence-electron chi connectivity index (χ0n) is 19.6. The van der Waals surface area contributed by atoms with E-state index in [0.717, 1.165) is 0 Å². The van der Waals surface area contributed by atoms with Gasteiger partial charge < -0.3 is 10.1 Å². The number of hydrogen-bond acceptors (Lipinski definition) is 7. The summed E-state index contributed by atoms with van der Waals surface area (Å²) in [6, 6.07) is 15.1. The number of carbonyl (C=O) groups is 2. The highest BCUT2D eigenvalue weighted by Gasteiger charge is 2.25. The van der Waals surface area contributed by atoms with E-state index in [2.05, 4.69) is 10.4 Å². The maximum absolute atomic E-state index is 12.9. The van der Waals surface area contributed by atoms with Crippen molar-refractivity contribution in [3.05, 3.63) is 71.4 Å². The minimum absolute atomic E-state index is 0.00109. The number of para-hydroxylation sites is 1. The topological polar surface area (TPSA) is 134 Å². The largest absolute Gasteiger partial charge is 0.452 e. The lowest BCUT2D eigenvalue weighted by atomic mass is 10.1. The van der Waals surface area contributed by atoms with Crippen molar-refractivity contribution in [2.45, 2.75) is 25.7 Å². The van der Waals surface area contributed by atoms with Gasteiger partial charge >= 0.3 is 5.97 Å². The molecule has 182 valence electrons. The Morgan fingerprint density at radius 1 is 1.14 bits per heavy atom. The summed E-state index contributed by atoms with van der Waals surface area (Å²) in [5.74, 6) is -1.40. The van der Waals surface area contributed by atoms with E-state index >= 15 is 0 Å². The summed E-state index contributed by atoms with van der Waals surface area (Å²) < 4.78 is 33.6. The normalized spacial score (nSPS) is 11.2. The molecule has 0 aliphatic carbocycles. The molecule has 1 heterocycles. The van der Waals surface area contributed by atoms with Crippen molar-refractivity contribution in [3.8, 4) is 11.8 Å². The van der Waals surface area contributed by atoms with Crippen LogP contribution in [0.2, 0.25) is 0 Å². The van der Waals surface area contributed by atoms with Gasteiger partial charge in [-0.15, -0.1) is 0 Å². The number of amides is 1. The summed E-state index contributed by atoms with van der Waals surface area (Å²) in [5, 5.41) is 16.0. The molecule has 10 nitrogen and oxygen atoms in total. The highest BCUT2D eigenvalue weighted by Crippen LogP contribution is 2.22. The van der Waals surface area contributed by atoms with Crippen molar-refractivity contribution in [3.63, 3.8) is 0 Å². The lowest BCUT2D eigenvalue weighted by Gasteiger charge is -2.20. The number of carbonyl (C=O) groups excluding carboxylic acids is 2. The average molecular weight is 496 g/mol. The maximum Gasteiger partial charge on any atom is 0.338 e. The minimum Gasteiger partial charge on any atom is -0.452 e. The van der Waals surface area contributed by atoms with E-state index in [-0.39, 0.29) is 34.9 Å².